The summed E-state index contributed by atoms with van der Waals surface area (Å²) in [5, 5.41) is 11.8. The number of piperazine rings is 1. The molecule has 3 N–H and O–H groups in total. The average Bonchev–Trinajstić information content (AvgIpc) is 3.46. The van der Waals surface area contributed by atoms with Crippen molar-refractivity contribution < 1.29 is 4.74 Å². The minimum atomic E-state index is 0.207. The normalized spacial score (nSPS) is 15.8. The summed E-state index contributed by atoms with van der Waals surface area (Å²) in [5.74, 6) is 3.29. The lowest BCUT2D eigenvalue weighted by atomic mass is 10.1. The molecule has 0 radical (unpaired) electrons. The molecule has 35 heavy (non-hydrogen) atoms. The molecular weight excluding hydrogens is 440 g/mol. The number of aromatic amines is 2. The Bertz CT molecular complexity index is 1230. The maximum Gasteiger partial charge on any atom is 0.181 e. The molecule has 0 amide bonds. The molecule has 0 unspecified atom stereocenters. The third-order valence-electron chi connectivity index (χ3n) is 6.34. The standard InChI is InChI=1S/C26H36N8O/c1-17(2)22-14-25(32-31-22)30-24(27-5)15-26(34-11-9-33(6)10-12-34)28-16-35-23-8-7-21-20(19(23)4)13-18(3)29-21/h7-8,13-15,17,29H,5,9-12,16H2,1-4,6H3,(H2,30,31,32)/b24-15+,28-26+. The van der Waals surface area contributed by atoms with Crippen molar-refractivity contribution in [2.24, 2.45) is 9.98 Å². The summed E-state index contributed by atoms with van der Waals surface area (Å²) >= 11 is 0. The van der Waals surface area contributed by atoms with E-state index in [-0.39, 0.29) is 6.73 Å². The zero-order chi connectivity index (χ0) is 24.9. The smallest absolute Gasteiger partial charge is 0.181 e. The van der Waals surface area contributed by atoms with Crippen LogP contribution in [0.4, 0.5) is 5.82 Å². The van der Waals surface area contributed by atoms with Crippen LogP contribution < -0.4 is 10.1 Å². The van der Waals surface area contributed by atoms with Gasteiger partial charge in [0.15, 0.2) is 12.5 Å². The number of rotatable bonds is 8. The van der Waals surface area contributed by atoms with E-state index in [0.717, 1.165) is 60.2 Å². The van der Waals surface area contributed by atoms with Crippen molar-refractivity contribution in [3.05, 3.63) is 53.1 Å². The molecule has 4 rings (SSSR count). The molecule has 3 heterocycles. The lowest BCUT2D eigenvalue weighted by Gasteiger charge is -2.33. The number of amidine groups is 1. The maximum absolute atomic E-state index is 6.11. The summed E-state index contributed by atoms with van der Waals surface area (Å²) in [6.07, 6.45) is 1.91. The topological polar surface area (TPSA) is 96.9 Å². The van der Waals surface area contributed by atoms with E-state index in [0.29, 0.717) is 17.6 Å². The second-order valence-corrected chi connectivity index (χ2v) is 9.36. The molecule has 186 valence electrons. The summed E-state index contributed by atoms with van der Waals surface area (Å²) in [4.78, 5) is 16.9. The van der Waals surface area contributed by atoms with E-state index in [2.05, 4.69) is 88.9 Å². The van der Waals surface area contributed by atoms with Crippen molar-refractivity contribution in [1.82, 2.24) is 25.0 Å². The predicted octanol–water partition coefficient (Wildman–Crippen LogP) is 4.27. The van der Waals surface area contributed by atoms with Gasteiger partial charge in [-0.25, -0.2) is 9.98 Å². The molecule has 9 nitrogen and oxygen atoms in total. The number of aryl methyl sites for hydroxylation is 2. The number of fused-ring (bicyclic) bond motifs is 1. The molecule has 0 saturated carbocycles. The van der Waals surface area contributed by atoms with E-state index in [1.165, 1.54) is 5.39 Å². The minimum Gasteiger partial charge on any atom is -0.471 e. The van der Waals surface area contributed by atoms with E-state index in [4.69, 9.17) is 9.73 Å². The fourth-order valence-electron chi connectivity index (χ4n) is 4.14. The van der Waals surface area contributed by atoms with Crippen LogP contribution in [0.3, 0.4) is 0 Å². The first-order valence-electron chi connectivity index (χ1n) is 12.0. The molecule has 2 aromatic heterocycles. The Morgan fingerprint density at radius 1 is 1.23 bits per heavy atom. The van der Waals surface area contributed by atoms with Crippen LogP contribution in [0.2, 0.25) is 0 Å². The van der Waals surface area contributed by atoms with Gasteiger partial charge in [0.2, 0.25) is 0 Å². The lowest BCUT2D eigenvalue weighted by Crippen LogP contribution is -2.47. The Kier molecular flexibility index (Phi) is 7.55. The summed E-state index contributed by atoms with van der Waals surface area (Å²) in [7, 11) is 2.14. The molecule has 1 aliphatic heterocycles. The third-order valence-corrected chi connectivity index (χ3v) is 6.34. The van der Waals surface area contributed by atoms with Gasteiger partial charge in [-0.05, 0) is 51.7 Å². The quantitative estimate of drug-likeness (QED) is 0.333. The Balaban J connectivity index is 1.54. The van der Waals surface area contributed by atoms with E-state index in [1.807, 2.05) is 18.2 Å². The first-order chi connectivity index (χ1) is 16.8. The van der Waals surface area contributed by atoms with E-state index < -0.39 is 0 Å². The van der Waals surface area contributed by atoms with Crippen molar-refractivity contribution in [1.29, 1.82) is 0 Å². The van der Waals surface area contributed by atoms with Gasteiger partial charge in [0.05, 0.1) is 0 Å². The molecular formula is C26H36N8O. The van der Waals surface area contributed by atoms with E-state index in [1.54, 1.807) is 0 Å². The number of H-pyrrole nitrogens is 2. The zero-order valence-corrected chi connectivity index (χ0v) is 21.4. The number of hydrogen-bond acceptors (Lipinski definition) is 6. The molecule has 1 aliphatic rings. The number of ether oxygens (including phenoxy) is 1. The van der Waals surface area contributed by atoms with Gasteiger partial charge in [-0.3, -0.25) is 5.10 Å². The molecule has 3 aromatic rings. The Labute approximate surface area is 207 Å². The lowest BCUT2D eigenvalue weighted by molar-refractivity contribution is 0.214. The molecule has 9 heteroatoms. The number of aromatic nitrogens is 3. The van der Waals surface area contributed by atoms with Gasteiger partial charge in [-0.2, -0.15) is 5.10 Å². The van der Waals surface area contributed by atoms with Gasteiger partial charge in [-0.1, -0.05) is 13.8 Å². The molecule has 0 spiro atoms. The largest absolute Gasteiger partial charge is 0.471 e. The minimum absolute atomic E-state index is 0.207. The van der Waals surface area contributed by atoms with Crippen LogP contribution in [0.1, 0.15) is 36.7 Å². The Morgan fingerprint density at radius 2 is 2.00 bits per heavy atom. The first kappa shape index (κ1) is 24.5. The first-order valence-corrected chi connectivity index (χ1v) is 12.0. The molecule has 0 atom stereocenters. The van der Waals surface area contributed by atoms with Crippen LogP contribution in [0.15, 0.2) is 46.1 Å². The number of aliphatic imine (C=N–C) groups is 2. The average molecular weight is 477 g/mol. The fraction of sp³-hybridized carbons (Fsp3) is 0.423. The highest BCUT2D eigenvalue weighted by atomic mass is 16.5. The van der Waals surface area contributed by atoms with Crippen molar-refractivity contribution in [3.8, 4) is 5.75 Å². The van der Waals surface area contributed by atoms with Crippen LogP contribution in [0.5, 0.6) is 5.75 Å². The van der Waals surface area contributed by atoms with Crippen molar-refractivity contribution in [2.75, 3.05) is 45.3 Å². The van der Waals surface area contributed by atoms with Crippen LogP contribution in [-0.2, 0) is 0 Å². The van der Waals surface area contributed by atoms with Crippen LogP contribution >= 0.6 is 0 Å². The highest BCUT2D eigenvalue weighted by Crippen LogP contribution is 2.27. The van der Waals surface area contributed by atoms with Crippen LogP contribution in [-0.4, -0.2) is 77.5 Å². The van der Waals surface area contributed by atoms with E-state index in [9.17, 15) is 0 Å². The number of anilines is 1. The van der Waals surface area contributed by atoms with Gasteiger partial charge >= 0.3 is 0 Å². The summed E-state index contributed by atoms with van der Waals surface area (Å²) in [6.45, 7) is 16.0. The van der Waals surface area contributed by atoms with Crippen molar-refractivity contribution >= 4 is 29.3 Å². The van der Waals surface area contributed by atoms with Crippen LogP contribution in [0, 0.1) is 13.8 Å². The van der Waals surface area contributed by atoms with Crippen LogP contribution in [0.25, 0.3) is 10.9 Å². The second kappa shape index (κ2) is 10.8. The SMILES string of the molecule is C=N/C(=C\C(=N/COc1ccc2[nH]c(C)cc2c1C)N1CCN(C)CC1)Nc1cc(C(C)C)[nH]n1. The molecule has 0 bridgehead atoms. The number of nitrogens with zero attached hydrogens (tertiary/aromatic N) is 5. The maximum atomic E-state index is 6.11. The van der Waals surface area contributed by atoms with Gasteiger partial charge in [0.25, 0.3) is 0 Å². The Morgan fingerprint density at radius 3 is 2.69 bits per heavy atom. The second-order valence-electron chi connectivity index (χ2n) is 9.36. The van der Waals surface area contributed by atoms with Crippen molar-refractivity contribution in [3.63, 3.8) is 0 Å². The number of hydrogen-bond donors (Lipinski definition) is 3. The summed E-state index contributed by atoms with van der Waals surface area (Å²) in [6, 6.07) is 8.18. The highest BCUT2D eigenvalue weighted by Gasteiger charge is 2.17. The predicted molar refractivity (Wildman–Crippen MR) is 144 cm³/mol. The van der Waals surface area contributed by atoms with Gasteiger partial charge in [0.1, 0.15) is 17.4 Å². The Hall–Kier alpha value is -3.59. The number of nitrogens with one attached hydrogen (secondary N) is 3. The van der Waals surface area contributed by atoms with Gasteiger partial charge < -0.3 is 24.8 Å². The highest BCUT2D eigenvalue weighted by molar-refractivity contribution is 5.94. The summed E-state index contributed by atoms with van der Waals surface area (Å²) < 4.78 is 6.11. The molecule has 1 aromatic carbocycles. The van der Waals surface area contributed by atoms with Gasteiger partial charge in [0, 0.05) is 66.2 Å². The molecule has 0 aliphatic carbocycles. The van der Waals surface area contributed by atoms with E-state index >= 15 is 0 Å². The van der Waals surface area contributed by atoms with Crippen molar-refractivity contribution in [2.45, 2.75) is 33.6 Å². The number of likely N-dealkylation sites (N-methyl/N-ethyl adjacent to an activating group) is 1. The number of benzene rings is 1. The zero-order valence-electron chi connectivity index (χ0n) is 21.4. The fourth-order valence-corrected chi connectivity index (χ4v) is 4.14. The summed E-state index contributed by atoms with van der Waals surface area (Å²) in [5.41, 5.74) is 4.41. The monoisotopic (exact) mass is 476 g/mol. The molecule has 1 fully saturated rings. The third kappa shape index (κ3) is 5.92. The molecule has 1 saturated heterocycles. The van der Waals surface area contributed by atoms with Gasteiger partial charge in [-0.15, -0.1) is 0 Å².